The first-order valence-electron chi connectivity index (χ1n) is 6.19. The van der Waals surface area contributed by atoms with Crippen LogP contribution in [0.5, 0.6) is 0 Å². The topological polar surface area (TPSA) is 20.2 Å². The summed E-state index contributed by atoms with van der Waals surface area (Å²) in [7, 11) is 0. The van der Waals surface area contributed by atoms with Crippen molar-refractivity contribution >= 4 is 0 Å². The third kappa shape index (κ3) is 3.97. The van der Waals surface area contributed by atoms with Crippen molar-refractivity contribution in [2.45, 2.75) is 53.1 Å². The minimum Gasteiger partial charge on any atom is -0.393 e. The van der Waals surface area contributed by atoms with Gasteiger partial charge in [-0.2, -0.15) is 0 Å². The lowest BCUT2D eigenvalue weighted by atomic mass is 9.85. The predicted octanol–water partition coefficient (Wildman–Crippen LogP) is 3.59. The number of hydrogen-bond acceptors (Lipinski definition) is 1. The summed E-state index contributed by atoms with van der Waals surface area (Å²) in [5.41, 5.74) is 2.70. The molecular weight excluding hydrogens is 196 g/mol. The molecule has 0 spiro atoms. The Bertz CT molecular complexity index is 322. The molecule has 0 aliphatic rings. The van der Waals surface area contributed by atoms with E-state index in [1.165, 1.54) is 11.1 Å². The van der Waals surface area contributed by atoms with E-state index in [1.807, 2.05) is 0 Å². The Morgan fingerprint density at radius 2 is 1.81 bits per heavy atom. The highest BCUT2D eigenvalue weighted by molar-refractivity contribution is 5.23. The van der Waals surface area contributed by atoms with Crippen molar-refractivity contribution in [3.8, 4) is 0 Å². The summed E-state index contributed by atoms with van der Waals surface area (Å²) >= 11 is 0. The van der Waals surface area contributed by atoms with Crippen LogP contribution in [0.4, 0.5) is 0 Å². The smallest absolute Gasteiger partial charge is 0.0591 e. The lowest BCUT2D eigenvalue weighted by Gasteiger charge is -2.25. The predicted molar refractivity (Wildman–Crippen MR) is 69.6 cm³/mol. The van der Waals surface area contributed by atoms with E-state index in [2.05, 4.69) is 52.0 Å². The van der Waals surface area contributed by atoms with Crippen LogP contribution >= 0.6 is 0 Å². The highest BCUT2D eigenvalue weighted by Crippen LogP contribution is 2.23. The van der Waals surface area contributed by atoms with Gasteiger partial charge in [-0.05, 0) is 35.8 Å². The van der Waals surface area contributed by atoms with Gasteiger partial charge in [0, 0.05) is 0 Å². The summed E-state index contributed by atoms with van der Waals surface area (Å²) in [5.74, 6) is 0. The molecule has 16 heavy (non-hydrogen) atoms. The van der Waals surface area contributed by atoms with Gasteiger partial charge in [-0.15, -0.1) is 0 Å². The number of hydrogen-bond donors (Lipinski definition) is 1. The molecule has 1 heteroatoms. The van der Waals surface area contributed by atoms with Crippen LogP contribution in [0.25, 0.3) is 0 Å². The van der Waals surface area contributed by atoms with E-state index in [4.69, 9.17) is 0 Å². The lowest BCUT2D eigenvalue weighted by Crippen LogP contribution is -2.26. The maximum Gasteiger partial charge on any atom is 0.0591 e. The Hall–Kier alpha value is -0.820. The van der Waals surface area contributed by atoms with Crippen molar-refractivity contribution in [1.82, 2.24) is 0 Å². The first kappa shape index (κ1) is 13.2. The van der Waals surface area contributed by atoms with Crippen LogP contribution in [0.2, 0.25) is 0 Å². The van der Waals surface area contributed by atoms with E-state index in [1.54, 1.807) is 0 Å². The van der Waals surface area contributed by atoms with Crippen molar-refractivity contribution in [3.05, 3.63) is 35.4 Å². The number of aliphatic hydroxyl groups excluding tert-OH is 1. The molecule has 0 saturated heterocycles. The minimum atomic E-state index is -0.224. The van der Waals surface area contributed by atoms with Gasteiger partial charge in [0.1, 0.15) is 0 Å². The molecule has 1 rings (SSSR count). The normalized spacial score (nSPS) is 13.8. The fraction of sp³-hybridized carbons (Fsp3) is 0.600. The molecule has 1 nitrogen and oxygen atoms in total. The van der Waals surface area contributed by atoms with Crippen LogP contribution in [-0.2, 0) is 12.8 Å². The second kappa shape index (κ2) is 5.49. The van der Waals surface area contributed by atoms with Crippen LogP contribution in [0.15, 0.2) is 24.3 Å². The molecule has 0 aliphatic heterocycles. The van der Waals surface area contributed by atoms with Gasteiger partial charge in [0.15, 0.2) is 0 Å². The minimum absolute atomic E-state index is 0.0115. The van der Waals surface area contributed by atoms with Crippen LogP contribution in [0, 0.1) is 5.41 Å². The average Bonchev–Trinajstić information content (AvgIpc) is 2.25. The summed E-state index contributed by atoms with van der Waals surface area (Å²) < 4.78 is 0. The highest BCUT2D eigenvalue weighted by atomic mass is 16.3. The van der Waals surface area contributed by atoms with Gasteiger partial charge in [0.05, 0.1) is 6.10 Å². The van der Waals surface area contributed by atoms with Crippen LogP contribution < -0.4 is 0 Å². The molecule has 1 atom stereocenters. The lowest BCUT2D eigenvalue weighted by molar-refractivity contribution is 0.0560. The van der Waals surface area contributed by atoms with Crippen molar-refractivity contribution < 1.29 is 5.11 Å². The second-order valence-corrected chi connectivity index (χ2v) is 5.59. The molecule has 0 aliphatic carbocycles. The maximum atomic E-state index is 9.97. The molecule has 0 aromatic heterocycles. The van der Waals surface area contributed by atoms with Crippen LogP contribution in [0.1, 0.15) is 45.2 Å². The van der Waals surface area contributed by atoms with Crippen molar-refractivity contribution in [1.29, 1.82) is 0 Å². The van der Waals surface area contributed by atoms with E-state index in [-0.39, 0.29) is 11.5 Å². The Morgan fingerprint density at radius 1 is 1.19 bits per heavy atom. The van der Waals surface area contributed by atoms with Gasteiger partial charge < -0.3 is 5.11 Å². The Morgan fingerprint density at radius 3 is 2.38 bits per heavy atom. The number of benzene rings is 1. The molecule has 1 N–H and O–H groups in total. The van der Waals surface area contributed by atoms with E-state index in [0.717, 1.165) is 19.3 Å². The first-order valence-corrected chi connectivity index (χ1v) is 6.19. The number of aliphatic hydroxyl groups is 1. The van der Waals surface area contributed by atoms with Gasteiger partial charge in [-0.25, -0.2) is 0 Å². The standard InChI is InChI=1S/C15H24O/c1-5-12-7-6-8-13(11-12)9-10-14(16)15(2,3)4/h6-8,11,14,16H,5,9-10H2,1-4H3. The quantitative estimate of drug-likeness (QED) is 0.822. The number of rotatable bonds is 4. The molecule has 0 saturated carbocycles. The zero-order valence-electron chi connectivity index (χ0n) is 11.0. The van der Waals surface area contributed by atoms with Crippen LogP contribution in [0.3, 0.4) is 0 Å². The SMILES string of the molecule is CCc1cccc(CCC(O)C(C)(C)C)c1. The molecule has 1 aromatic carbocycles. The van der Waals surface area contributed by atoms with E-state index < -0.39 is 0 Å². The van der Waals surface area contributed by atoms with Gasteiger partial charge in [0.25, 0.3) is 0 Å². The van der Waals surface area contributed by atoms with Gasteiger partial charge in [-0.3, -0.25) is 0 Å². The number of aryl methyl sites for hydroxylation is 2. The molecule has 0 amide bonds. The van der Waals surface area contributed by atoms with E-state index in [9.17, 15) is 5.11 Å². The largest absolute Gasteiger partial charge is 0.393 e. The zero-order valence-corrected chi connectivity index (χ0v) is 11.0. The molecule has 0 radical (unpaired) electrons. The van der Waals surface area contributed by atoms with Crippen molar-refractivity contribution in [2.75, 3.05) is 0 Å². The summed E-state index contributed by atoms with van der Waals surface area (Å²) in [5, 5.41) is 9.97. The molecule has 1 unspecified atom stereocenters. The maximum absolute atomic E-state index is 9.97. The Labute approximate surface area is 99.5 Å². The van der Waals surface area contributed by atoms with Crippen molar-refractivity contribution in [3.63, 3.8) is 0 Å². The summed E-state index contributed by atoms with van der Waals surface area (Å²) in [4.78, 5) is 0. The Balaban J connectivity index is 2.54. The highest BCUT2D eigenvalue weighted by Gasteiger charge is 2.21. The summed E-state index contributed by atoms with van der Waals surface area (Å²) in [6.45, 7) is 8.42. The van der Waals surface area contributed by atoms with Gasteiger partial charge >= 0.3 is 0 Å². The molecule has 0 bridgehead atoms. The van der Waals surface area contributed by atoms with E-state index >= 15 is 0 Å². The molecule has 90 valence electrons. The third-order valence-electron chi connectivity index (χ3n) is 3.11. The summed E-state index contributed by atoms with van der Waals surface area (Å²) in [6, 6.07) is 8.66. The second-order valence-electron chi connectivity index (χ2n) is 5.59. The fourth-order valence-electron chi connectivity index (χ4n) is 1.74. The molecule has 1 aromatic rings. The first-order chi connectivity index (χ1) is 7.43. The Kier molecular flexibility index (Phi) is 4.55. The average molecular weight is 220 g/mol. The monoisotopic (exact) mass is 220 g/mol. The van der Waals surface area contributed by atoms with Gasteiger partial charge in [0.2, 0.25) is 0 Å². The zero-order chi connectivity index (χ0) is 12.2. The third-order valence-corrected chi connectivity index (χ3v) is 3.11. The van der Waals surface area contributed by atoms with Crippen LogP contribution in [-0.4, -0.2) is 11.2 Å². The van der Waals surface area contributed by atoms with E-state index in [0.29, 0.717) is 0 Å². The summed E-state index contributed by atoms with van der Waals surface area (Å²) in [6.07, 6.45) is 2.66. The molecule has 0 heterocycles. The molecular formula is C15H24O. The molecule has 0 fully saturated rings. The van der Waals surface area contributed by atoms with Crippen molar-refractivity contribution in [2.24, 2.45) is 5.41 Å². The fourth-order valence-corrected chi connectivity index (χ4v) is 1.74. The van der Waals surface area contributed by atoms with Gasteiger partial charge in [-0.1, -0.05) is 52.0 Å².